The first-order valence-corrected chi connectivity index (χ1v) is 13.6. The van der Waals surface area contributed by atoms with Gasteiger partial charge in [0.15, 0.2) is 11.0 Å². The monoisotopic (exact) mass is 490 g/mol. The SMILES string of the molecule is Cc1ccccc1-c1n(-c2c(C(C)C)cc3c(sc4ncccc43)c2C(C)C)c2ccccc2[n+]1C. The van der Waals surface area contributed by atoms with Crippen LogP contribution in [0.2, 0.25) is 0 Å². The topological polar surface area (TPSA) is 21.7 Å². The fraction of sp³-hybridized carbons (Fsp3) is 0.250. The molecule has 180 valence electrons. The maximum Gasteiger partial charge on any atom is 0.295 e. The van der Waals surface area contributed by atoms with Crippen LogP contribution in [0, 0.1) is 6.92 Å². The molecular formula is C32H32N3S+. The van der Waals surface area contributed by atoms with Crippen LogP contribution in [0.4, 0.5) is 0 Å². The van der Waals surface area contributed by atoms with Crippen LogP contribution in [0.25, 0.3) is 48.4 Å². The van der Waals surface area contributed by atoms with Gasteiger partial charge in [-0.3, -0.25) is 0 Å². The lowest BCUT2D eigenvalue weighted by Crippen LogP contribution is -2.30. The number of aromatic nitrogens is 3. The molecule has 36 heavy (non-hydrogen) atoms. The number of fused-ring (bicyclic) bond motifs is 4. The van der Waals surface area contributed by atoms with E-state index in [-0.39, 0.29) is 0 Å². The Morgan fingerprint density at radius 2 is 1.61 bits per heavy atom. The average molecular weight is 491 g/mol. The first-order chi connectivity index (χ1) is 17.4. The second-order valence-electron chi connectivity index (χ2n) is 10.4. The summed E-state index contributed by atoms with van der Waals surface area (Å²) in [6.45, 7) is 11.5. The summed E-state index contributed by atoms with van der Waals surface area (Å²) in [5.74, 6) is 1.94. The van der Waals surface area contributed by atoms with E-state index >= 15 is 0 Å². The number of pyridine rings is 1. The summed E-state index contributed by atoms with van der Waals surface area (Å²) in [6, 6.07) is 24.3. The van der Waals surface area contributed by atoms with Crippen molar-refractivity contribution in [3.05, 3.63) is 89.6 Å². The van der Waals surface area contributed by atoms with Gasteiger partial charge in [0.25, 0.3) is 5.82 Å². The summed E-state index contributed by atoms with van der Waals surface area (Å²) >= 11 is 1.83. The molecule has 3 nitrogen and oxygen atoms in total. The van der Waals surface area contributed by atoms with Gasteiger partial charge in [0, 0.05) is 32.8 Å². The van der Waals surface area contributed by atoms with Crippen molar-refractivity contribution in [3.8, 4) is 17.1 Å². The molecule has 0 aliphatic heterocycles. The highest BCUT2D eigenvalue weighted by Gasteiger charge is 2.33. The predicted molar refractivity (Wildman–Crippen MR) is 153 cm³/mol. The molecule has 0 bridgehead atoms. The van der Waals surface area contributed by atoms with Crippen LogP contribution in [-0.2, 0) is 7.05 Å². The van der Waals surface area contributed by atoms with Gasteiger partial charge in [-0.1, -0.05) is 58.0 Å². The molecular weight excluding hydrogens is 458 g/mol. The lowest BCUT2D eigenvalue weighted by molar-refractivity contribution is -0.633. The Morgan fingerprint density at radius 1 is 0.861 bits per heavy atom. The van der Waals surface area contributed by atoms with Crippen molar-refractivity contribution < 1.29 is 4.57 Å². The molecule has 3 aromatic heterocycles. The maximum atomic E-state index is 4.73. The van der Waals surface area contributed by atoms with Gasteiger partial charge in [0.05, 0.1) is 12.6 Å². The minimum Gasteiger partial charge on any atom is -0.245 e. The highest BCUT2D eigenvalue weighted by molar-refractivity contribution is 7.25. The third-order valence-electron chi connectivity index (χ3n) is 7.40. The summed E-state index contributed by atoms with van der Waals surface area (Å²) in [4.78, 5) is 5.85. The molecule has 4 heteroatoms. The summed E-state index contributed by atoms with van der Waals surface area (Å²) in [5, 5.41) is 2.59. The fourth-order valence-corrected chi connectivity index (χ4v) is 6.99. The zero-order valence-corrected chi connectivity index (χ0v) is 22.6. The number of rotatable bonds is 4. The van der Waals surface area contributed by atoms with Crippen LogP contribution >= 0.6 is 11.3 Å². The van der Waals surface area contributed by atoms with Crippen LogP contribution in [0.5, 0.6) is 0 Å². The molecule has 0 amide bonds. The number of para-hydroxylation sites is 2. The van der Waals surface area contributed by atoms with Gasteiger partial charge in [-0.15, -0.1) is 11.3 Å². The first kappa shape index (κ1) is 22.9. The first-order valence-electron chi connectivity index (χ1n) is 12.8. The van der Waals surface area contributed by atoms with Gasteiger partial charge in [-0.05, 0) is 60.7 Å². The minimum atomic E-state index is 0.352. The van der Waals surface area contributed by atoms with Crippen molar-refractivity contribution in [2.75, 3.05) is 0 Å². The molecule has 0 unspecified atom stereocenters. The smallest absolute Gasteiger partial charge is 0.245 e. The molecule has 6 aromatic rings. The average Bonchev–Trinajstić information content (AvgIpc) is 3.38. The zero-order valence-electron chi connectivity index (χ0n) is 21.8. The number of imidazole rings is 1. The highest BCUT2D eigenvalue weighted by Crippen LogP contribution is 2.45. The van der Waals surface area contributed by atoms with Crippen molar-refractivity contribution in [1.29, 1.82) is 0 Å². The van der Waals surface area contributed by atoms with Gasteiger partial charge in [0.1, 0.15) is 10.5 Å². The lowest BCUT2D eigenvalue weighted by atomic mass is 9.90. The molecule has 3 aromatic carbocycles. The van der Waals surface area contributed by atoms with E-state index in [0.29, 0.717) is 11.8 Å². The van der Waals surface area contributed by atoms with Crippen molar-refractivity contribution in [1.82, 2.24) is 9.55 Å². The predicted octanol–water partition coefficient (Wildman–Crippen LogP) is 8.44. The van der Waals surface area contributed by atoms with Crippen molar-refractivity contribution in [2.45, 2.75) is 46.5 Å². The molecule has 6 rings (SSSR count). The van der Waals surface area contributed by atoms with Crippen molar-refractivity contribution >= 4 is 42.7 Å². The van der Waals surface area contributed by atoms with E-state index in [1.54, 1.807) is 0 Å². The van der Waals surface area contributed by atoms with Crippen molar-refractivity contribution in [2.24, 2.45) is 7.05 Å². The fourth-order valence-electron chi connectivity index (χ4n) is 5.67. The number of benzene rings is 3. The Labute approximate surface area is 216 Å². The molecule has 0 N–H and O–H groups in total. The van der Waals surface area contributed by atoms with E-state index in [2.05, 4.69) is 118 Å². The molecule has 0 saturated heterocycles. The second kappa shape index (κ2) is 8.56. The Hall–Kier alpha value is -3.50. The van der Waals surface area contributed by atoms with E-state index < -0.39 is 0 Å². The number of hydrogen-bond donors (Lipinski definition) is 0. The van der Waals surface area contributed by atoms with Crippen LogP contribution in [0.3, 0.4) is 0 Å². The van der Waals surface area contributed by atoms with Crippen molar-refractivity contribution in [3.63, 3.8) is 0 Å². The van der Waals surface area contributed by atoms with Gasteiger partial charge in [-0.25, -0.2) is 9.55 Å². The Morgan fingerprint density at radius 3 is 2.36 bits per heavy atom. The number of hydrogen-bond acceptors (Lipinski definition) is 2. The maximum absolute atomic E-state index is 4.73. The molecule has 0 saturated carbocycles. The van der Waals surface area contributed by atoms with E-state index in [1.807, 2.05) is 17.5 Å². The van der Waals surface area contributed by atoms with Crippen LogP contribution in [0.1, 0.15) is 56.2 Å². The van der Waals surface area contributed by atoms with Gasteiger partial charge in [-0.2, -0.15) is 4.57 Å². The van der Waals surface area contributed by atoms with Crippen LogP contribution < -0.4 is 4.57 Å². The Kier molecular flexibility index (Phi) is 5.45. The number of nitrogens with zero attached hydrogens (tertiary/aromatic N) is 3. The van der Waals surface area contributed by atoms with Crippen LogP contribution in [-0.4, -0.2) is 9.55 Å². The second-order valence-corrected chi connectivity index (χ2v) is 11.4. The van der Waals surface area contributed by atoms with E-state index in [4.69, 9.17) is 4.98 Å². The van der Waals surface area contributed by atoms with Gasteiger partial charge < -0.3 is 0 Å². The Balaban J connectivity index is 1.87. The lowest BCUT2D eigenvalue weighted by Gasteiger charge is -2.20. The van der Waals surface area contributed by atoms with Gasteiger partial charge in [0.2, 0.25) is 0 Å². The normalized spacial score (nSPS) is 12.1. The minimum absolute atomic E-state index is 0.352. The number of aryl methyl sites for hydroxylation is 2. The van der Waals surface area contributed by atoms with E-state index in [0.717, 1.165) is 4.83 Å². The van der Waals surface area contributed by atoms with Gasteiger partial charge >= 0.3 is 0 Å². The summed E-state index contributed by atoms with van der Waals surface area (Å²) < 4.78 is 6.26. The molecule has 3 heterocycles. The number of thiophene rings is 1. The summed E-state index contributed by atoms with van der Waals surface area (Å²) in [5.41, 5.74) is 9.13. The largest absolute Gasteiger partial charge is 0.295 e. The molecule has 0 aliphatic carbocycles. The van der Waals surface area contributed by atoms with E-state index in [1.165, 1.54) is 60.3 Å². The molecule has 0 spiro atoms. The van der Waals surface area contributed by atoms with Crippen LogP contribution in [0.15, 0.2) is 72.9 Å². The molecule has 0 radical (unpaired) electrons. The summed E-state index contributed by atoms with van der Waals surface area (Å²) in [7, 11) is 2.20. The summed E-state index contributed by atoms with van der Waals surface area (Å²) in [6.07, 6.45) is 1.91. The zero-order chi connectivity index (χ0) is 25.1. The Bertz CT molecular complexity index is 1770. The third-order valence-corrected chi connectivity index (χ3v) is 8.56. The highest BCUT2D eigenvalue weighted by atomic mass is 32.1. The standard InChI is InChI=1S/C32H32N3S/c1-19(2)24-18-25-23-14-11-17-33-31(23)36-30(25)28(20(3)4)29(24)35-27-16-10-9-15-26(27)34(6)32(35)22-13-8-7-12-21(22)5/h7-20H,1-6H3/q+1. The molecule has 0 fully saturated rings. The third kappa shape index (κ3) is 3.31. The quantitative estimate of drug-likeness (QED) is 0.227. The van der Waals surface area contributed by atoms with E-state index in [9.17, 15) is 0 Å². The molecule has 0 atom stereocenters. The molecule has 0 aliphatic rings.